The predicted molar refractivity (Wildman–Crippen MR) is 167 cm³/mol. The molecule has 0 bridgehead atoms. The van der Waals surface area contributed by atoms with Gasteiger partial charge in [0.1, 0.15) is 0 Å². The molecule has 0 heterocycles. The molecule has 4 aromatic rings. The average Bonchev–Trinajstić information content (AvgIpc) is 2.99. The monoisotopic (exact) mass is 508 g/mol. The molecule has 0 aromatic heterocycles. The first-order valence-electron chi connectivity index (χ1n) is 14.5. The third kappa shape index (κ3) is 6.99. The number of terminal acetylenes is 1. The smallest absolute Gasteiger partial charge is 0.0242 e. The topological polar surface area (TPSA) is 0 Å². The molecular weight excluding hydrogens is 468 g/mol. The summed E-state index contributed by atoms with van der Waals surface area (Å²) in [7, 11) is 0. The second-order valence-electron chi connectivity index (χ2n) is 11.4. The highest BCUT2D eigenvalue weighted by atomic mass is 14.3. The zero-order chi connectivity index (χ0) is 27.0. The van der Waals surface area contributed by atoms with E-state index < -0.39 is 0 Å². The molecule has 0 saturated heterocycles. The lowest BCUT2D eigenvalue weighted by Gasteiger charge is -2.35. The number of hydrogen-bond donors (Lipinski definition) is 0. The SMILES string of the molecule is C#Cc1ccc(CC2CCC(C(C(=C)CCc3ccccc3)c3ccc(-c4ccc(C)cc4)cc3)CC2)cc1. The van der Waals surface area contributed by atoms with Gasteiger partial charge in [0.2, 0.25) is 0 Å². The van der Waals surface area contributed by atoms with E-state index in [0.29, 0.717) is 11.8 Å². The predicted octanol–water partition coefficient (Wildman–Crippen LogP) is 9.97. The summed E-state index contributed by atoms with van der Waals surface area (Å²) in [5, 5.41) is 0. The van der Waals surface area contributed by atoms with E-state index in [9.17, 15) is 0 Å². The Kier molecular flexibility index (Phi) is 8.80. The Morgan fingerprint density at radius 2 is 1.38 bits per heavy atom. The minimum absolute atomic E-state index is 0.414. The van der Waals surface area contributed by atoms with Crippen LogP contribution in [0.15, 0.2) is 115 Å². The molecule has 1 atom stereocenters. The van der Waals surface area contributed by atoms with E-state index in [4.69, 9.17) is 13.0 Å². The maximum Gasteiger partial charge on any atom is 0.0242 e. The van der Waals surface area contributed by atoms with Crippen LogP contribution in [0.5, 0.6) is 0 Å². The molecule has 1 saturated carbocycles. The van der Waals surface area contributed by atoms with Crippen molar-refractivity contribution < 1.29 is 0 Å². The van der Waals surface area contributed by atoms with E-state index in [-0.39, 0.29) is 0 Å². The molecule has 1 fully saturated rings. The molecule has 1 aliphatic rings. The summed E-state index contributed by atoms with van der Waals surface area (Å²) in [6.45, 7) is 6.84. The van der Waals surface area contributed by atoms with Gasteiger partial charge in [-0.25, -0.2) is 0 Å². The van der Waals surface area contributed by atoms with Crippen molar-refractivity contribution in [2.45, 2.75) is 57.8 Å². The Bertz CT molecular complexity index is 1370. The average molecular weight is 509 g/mol. The Morgan fingerprint density at radius 3 is 2.00 bits per heavy atom. The van der Waals surface area contributed by atoms with Gasteiger partial charge in [-0.05, 0) is 104 Å². The second-order valence-corrected chi connectivity index (χ2v) is 11.4. The van der Waals surface area contributed by atoms with Gasteiger partial charge in [0.15, 0.2) is 0 Å². The first-order chi connectivity index (χ1) is 19.1. The summed E-state index contributed by atoms with van der Waals surface area (Å²) in [4.78, 5) is 0. The standard InChI is InChI=1S/C39H40/c1-4-31-14-16-33(17-15-31)28-34-18-22-37(23-19-34)39(30(3)12-13-32-8-6-5-7-9-32)38-26-24-36(25-27-38)35-20-10-29(2)11-21-35/h1,5-11,14-17,20-21,24-27,34,37,39H,3,12-13,18-19,22-23,28H2,2H3. The van der Waals surface area contributed by atoms with Crippen molar-refractivity contribution in [2.24, 2.45) is 11.8 Å². The lowest BCUT2D eigenvalue weighted by atomic mass is 9.69. The Morgan fingerprint density at radius 1 is 0.769 bits per heavy atom. The highest BCUT2D eigenvalue weighted by Gasteiger charge is 2.30. The molecule has 0 radical (unpaired) electrons. The maximum absolute atomic E-state index is 5.54. The van der Waals surface area contributed by atoms with Gasteiger partial charge in [0.25, 0.3) is 0 Å². The normalized spacial score (nSPS) is 17.7. The van der Waals surface area contributed by atoms with E-state index >= 15 is 0 Å². The molecule has 1 aliphatic carbocycles. The Balaban J connectivity index is 1.30. The zero-order valence-corrected chi connectivity index (χ0v) is 23.3. The van der Waals surface area contributed by atoms with Crippen LogP contribution in [-0.4, -0.2) is 0 Å². The molecular formula is C39H40. The number of benzene rings is 4. The van der Waals surface area contributed by atoms with E-state index in [1.54, 1.807) is 0 Å². The van der Waals surface area contributed by atoms with Gasteiger partial charge in [-0.2, -0.15) is 0 Å². The van der Waals surface area contributed by atoms with Gasteiger partial charge >= 0.3 is 0 Å². The Hall–Kier alpha value is -3.82. The molecule has 1 unspecified atom stereocenters. The van der Waals surface area contributed by atoms with Crippen molar-refractivity contribution in [2.75, 3.05) is 0 Å². The fourth-order valence-corrected chi connectivity index (χ4v) is 6.37. The van der Waals surface area contributed by atoms with Gasteiger partial charge in [-0.15, -0.1) is 6.42 Å². The first kappa shape index (κ1) is 26.8. The molecule has 0 aliphatic heterocycles. The van der Waals surface area contributed by atoms with Gasteiger partial charge in [-0.1, -0.05) is 115 Å². The molecule has 5 rings (SSSR count). The van der Waals surface area contributed by atoms with Crippen molar-refractivity contribution >= 4 is 0 Å². The summed E-state index contributed by atoms with van der Waals surface area (Å²) in [5.41, 5.74) is 10.4. The largest absolute Gasteiger partial charge is 0.115 e. The number of allylic oxidation sites excluding steroid dienone is 1. The molecule has 39 heavy (non-hydrogen) atoms. The number of hydrogen-bond acceptors (Lipinski definition) is 0. The Labute approximate surface area is 235 Å². The van der Waals surface area contributed by atoms with Gasteiger partial charge in [0.05, 0.1) is 0 Å². The molecule has 0 nitrogen and oxygen atoms in total. The lowest BCUT2D eigenvalue weighted by molar-refractivity contribution is 0.252. The lowest BCUT2D eigenvalue weighted by Crippen LogP contribution is -2.23. The molecule has 4 aromatic carbocycles. The van der Waals surface area contributed by atoms with E-state index in [1.807, 2.05) is 0 Å². The van der Waals surface area contributed by atoms with Crippen LogP contribution in [0.4, 0.5) is 0 Å². The summed E-state index contributed by atoms with van der Waals surface area (Å²) >= 11 is 0. The second kappa shape index (κ2) is 12.8. The number of aryl methyl sites for hydroxylation is 2. The van der Waals surface area contributed by atoms with Gasteiger partial charge in [-0.3, -0.25) is 0 Å². The van der Waals surface area contributed by atoms with Crippen LogP contribution in [0.25, 0.3) is 11.1 Å². The van der Waals surface area contributed by atoms with Crippen LogP contribution in [0.2, 0.25) is 0 Å². The van der Waals surface area contributed by atoms with Crippen LogP contribution in [-0.2, 0) is 12.8 Å². The molecule has 0 heteroatoms. The van der Waals surface area contributed by atoms with Crippen molar-refractivity contribution in [3.63, 3.8) is 0 Å². The zero-order valence-electron chi connectivity index (χ0n) is 23.3. The van der Waals surface area contributed by atoms with Crippen LogP contribution >= 0.6 is 0 Å². The molecule has 0 N–H and O–H groups in total. The van der Waals surface area contributed by atoms with Crippen molar-refractivity contribution in [1.29, 1.82) is 0 Å². The van der Waals surface area contributed by atoms with E-state index in [2.05, 4.69) is 116 Å². The minimum atomic E-state index is 0.414. The van der Waals surface area contributed by atoms with Gasteiger partial charge in [0, 0.05) is 11.5 Å². The van der Waals surface area contributed by atoms with Crippen molar-refractivity contribution in [3.05, 3.63) is 143 Å². The molecule has 0 amide bonds. The number of rotatable bonds is 9. The summed E-state index contributed by atoms with van der Waals surface area (Å²) < 4.78 is 0. The summed E-state index contributed by atoms with van der Waals surface area (Å²) in [5.74, 6) is 4.54. The van der Waals surface area contributed by atoms with Crippen molar-refractivity contribution in [1.82, 2.24) is 0 Å². The first-order valence-corrected chi connectivity index (χ1v) is 14.5. The van der Waals surface area contributed by atoms with Crippen LogP contribution < -0.4 is 0 Å². The highest BCUT2D eigenvalue weighted by molar-refractivity contribution is 5.64. The third-order valence-corrected chi connectivity index (χ3v) is 8.68. The molecule has 196 valence electrons. The van der Waals surface area contributed by atoms with E-state index in [1.165, 1.54) is 64.6 Å². The van der Waals surface area contributed by atoms with E-state index in [0.717, 1.165) is 30.7 Å². The summed E-state index contributed by atoms with van der Waals surface area (Å²) in [6.07, 6.45) is 13.9. The van der Waals surface area contributed by atoms with Crippen LogP contribution in [0.1, 0.15) is 65.8 Å². The highest BCUT2D eigenvalue weighted by Crippen LogP contribution is 2.44. The maximum atomic E-state index is 5.54. The minimum Gasteiger partial charge on any atom is -0.115 e. The van der Waals surface area contributed by atoms with Crippen LogP contribution in [0.3, 0.4) is 0 Å². The van der Waals surface area contributed by atoms with Crippen molar-refractivity contribution in [3.8, 4) is 23.5 Å². The molecule has 0 spiro atoms. The summed E-state index contributed by atoms with van der Waals surface area (Å²) in [6, 6.07) is 37.6. The third-order valence-electron chi connectivity index (χ3n) is 8.68. The van der Waals surface area contributed by atoms with Crippen LogP contribution in [0, 0.1) is 31.1 Å². The fourth-order valence-electron chi connectivity index (χ4n) is 6.37. The van der Waals surface area contributed by atoms with Gasteiger partial charge < -0.3 is 0 Å². The fraction of sp³-hybridized carbons (Fsp3) is 0.282. The quantitative estimate of drug-likeness (QED) is 0.156.